The Kier molecular flexibility index (Phi) is 12.8. The number of carbonyl (C=O) groups excluding carboxylic acids is 4. The van der Waals surface area contributed by atoms with E-state index >= 15 is 0 Å². The highest BCUT2D eigenvalue weighted by atomic mass is 16.5. The van der Waals surface area contributed by atoms with E-state index in [1.165, 1.54) is 0 Å². The van der Waals surface area contributed by atoms with E-state index in [0.717, 1.165) is 24.8 Å². The molecule has 0 aromatic heterocycles. The smallest absolute Gasteiger partial charge is 0.306 e. The zero-order valence-electron chi connectivity index (χ0n) is 28.3. The SMILES string of the molecule is C=CCCC(=O)OC[C@@H](NC(=O)[C@@H]1[C@@H]2CC[C@]3(O2)[C@H](C(=O)N(CC=C)CCCCC)N([C@@H](CO)CC(C)C)C(=O)[C@@H]13)c1ccccc1. The summed E-state index contributed by atoms with van der Waals surface area (Å²) in [6.07, 6.45) is 7.72. The fraction of sp³-hybridized carbons (Fsp3) is 0.622. The summed E-state index contributed by atoms with van der Waals surface area (Å²) < 4.78 is 12.2. The van der Waals surface area contributed by atoms with Crippen molar-refractivity contribution in [3.05, 3.63) is 61.2 Å². The predicted octanol–water partition coefficient (Wildman–Crippen LogP) is 4.34. The zero-order chi connectivity index (χ0) is 34.1. The van der Waals surface area contributed by atoms with Crippen molar-refractivity contribution in [3.8, 4) is 0 Å². The molecule has 3 fully saturated rings. The van der Waals surface area contributed by atoms with Crippen molar-refractivity contribution in [2.75, 3.05) is 26.3 Å². The van der Waals surface area contributed by atoms with Crippen LogP contribution in [-0.4, -0.2) is 88.7 Å². The van der Waals surface area contributed by atoms with Crippen molar-refractivity contribution in [2.45, 2.75) is 102 Å². The number of aliphatic hydroxyl groups excluding tert-OH is 1. The van der Waals surface area contributed by atoms with E-state index in [9.17, 15) is 24.3 Å². The number of benzene rings is 1. The van der Waals surface area contributed by atoms with Crippen LogP contribution in [0.25, 0.3) is 0 Å². The molecule has 3 saturated heterocycles. The molecule has 258 valence electrons. The molecule has 3 aliphatic rings. The number of esters is 1. The van der Waals surface area contributed by atoms with Gasteiger partial charge in [0, 0.05) is 19.5 Å². The van der Waals surface area contributed by atoms with Gasteiger partial charge >= 0.3 is 5.97 Å². The monoisotopic (exact) mass is 651 g/mol. The van der Waals surface area contributed by atoms with Crippen LogP contribution >= 0.6 is 0 Å². The fourth-order valence-electron chi connectivity index (χ4n) is 7.70. The van der Waals surface area contributed by atoms with Crippen molar-refractivity contribution in [3.63, 3.8) is 0 Å². The number of rotatable bonds is 19. The second kappa shape index (κ2) is 16.6. The van der Waals surface area contributed by atoms with E-state index in [1.54, 1.807) is 22.0 Å². The molecule has 10 nitrogen and oxygen atoms in total. The van der Waals surface area contributed by atoms with Crippen LogP contribution < -0.4 is 5.32 Å². The molecule has 4 rings (SSSR count). The van der Waals surface area contributed by atoms with Crippen LogP contribution in [0, 0.1) is 17.8 Å². The molecule has 1 spiro atoms. The van der Waals surface area contributed by atoms with Gasteiger partial charge in [-0.2, -0.15) is 0 Å². The number of amides is 3. The molecule has 47 heavy (non-hydrogen) atoms. The number of hydrogen-bond donors (Lipinski definition) is 2. The minimum absolute atomic E-state index is 0.0732. The topological polar surface area (TPSA) is 125 Å². The third-order valence-corrected chi connectivity index (χ3v) is 9.80. The van der Waals surface area contributed by atoms with Crippen LogP contribution in [0.3, 0.4) is 0 Å². The lowest BCUT2D eigenvalue weighted by Crippen LogP contribution is -2.59. The number of fused-ring (bicyclic) bond motifs is 1. The third-order valence-electron chi connectivity index (χ3n) is 9.80. The molecular weight excluding hydrogens is 598 g/mol. The first-order chi connectivity index (χ1) is 22.6. The molecule has 10 heteroatoms. The first-order valence-corrected chi connectivity index (χ1v) is 17.3. The van der Waals surface area contributed by atoms with E-state index in [-0.39, 0.29) is 43.3 Å². The highest BCUT2D eigenvalue weighted by molar-refractivity contribution is 5.99. The van der Waals surface area contributed by atoms with Crippen molar-refractivity contribution in [1.29, 1.82) is 0 Å². The minimum atomic E-state index is -1.19. The van der Waals surface area contributed by atoms with Crippen LogP contribution in [0.1, 0.15) is 83.7 Å². The van der Waals surface area contributed by atoms with Gasteiger partial charge in [0.2, 0.25) is 17.7 Å². The number of unbranched alkanes of at least 4 members (excludes halogenated alkanes) is 2. The Balaban J connectivity index is 1.67. The summed E-state index contributed by atoms with van der Waals surface area (Å²) in [6, 6.07) is 7.04. The lowest BCUT2D eigenvalue weighted by molar-refractivity contribution is -0.151. The van der Waals surface area contributed by atoms with E-state index in [4.69, 9.17) is 9.47 Å². The van der Waals surface area contributed by atoms with Gasteiger partial charge in [0.05, 0.1) is 36.6 Å². The Morgan fingerprint density at radius 3 is 2.57 bits per heavy atom. The molecule has 7 atom stereocenters. The molecule has 3 heterocycles. The van der Waals surface area contributed by atoms with Gasteiger partial charge in [0.25, 0.3) is 0 Å². The average Bonchev–Trinajstić information content (AvgIpc) is 3.71. The Morgan fingerprint density at radius 1 is 1.19 bits per heavy atom. The van der Waals surface area contributed by atoms with Crippen LogP contribution in [0.4, 0.5) is 0 Å². The largest absolute Gasteiger partial charge is 0.463 e. The number of nitrogens with zero attached hydrogens (tertiary/aromatic N) is 2. The van der Waals surface area contributed by atoms with Gasteiger partial charge in [-0.15, -0.1) is 13.2 Å². The van der Waals surface area contributed by atoms with Crippen LogP contribution in [0.2, 0.25) is 0 Å². The highest BCUT2D eigenvalue weighted by Crippen LogP contribution is 2.59. The molecule has 0 aliphatic carbocycles. The van der Waals surface area contributed by atoms with Crippen LogP contribution in [-0.2, 0) is 28.7 Å². The molecule has 3 amide bonds. The Labute approximate surface area is 279 Å². The molecule has 0 unspecified atom stereocenters. The Bertz CT molecular complexity index is 1270. The van der Waals surface area contributed by atoms with E-state index in [0.29, 0.717) is 38.8 Å². The second-order valence-corrected chi connectivity index (χ2v) is 13.5. The highest BCUT2D eigenvalue weighted by Gasteiger charge is 2.75. The summed E-state index contributed by atoms with van der Waals surface area (Å²) in [5.74, 6) is -2.91. The number of carbonyl (C=O) groups is 4. The van der Waals surface area contributed by atoms with Crippen LogP contribution in [0.5, 0.6) is 0 Å². The number of ether oxygens (including phenoxy) is 2. The summed E-state index contributed by atoms with van der Waals surface area (Å²) in [7, 11) is 0. The van der Waals surface area contributed by atoms with Gasteiger partial charge in [0.15, 0.2) is 0 Å². The third kappa shape index (κ3) is 7.81. The number of likely N-dealkylation sites (tertiary alicyclic amines) is 1. The Morgan fingerprint density at radius 2 is 1.94 bits per heavy atom. The summed E-state index contributed by atoms with van der Waals surface area (Å²) >= 11 is 0. The predicted molar refractivity (Wildman–Crippen MR) is 179 cm³/mol. The molecule has 1 aromatic rings. The minimum Gasteiger partial charge on any atom is -0.463 e. The number of nitrogens with one attached hydrogen (secondary N) is 1. The molecule has 0 saturated carbocycles. The quantitative estimate of drug-likeness (QED) is 0.130. The maximum Gasteiger partial charge on any atom is 0.306 e. The summed E-state index contributed by atoms with van der Waals surface area (Å²) in [4.78, 5) is 59.0. The summed E-state index contributed by atoms with van der Waals surface area (Å²) in [6.45, 7) is 14.1. The van der Waals surface area contributed by atoms with Crippen molar-refractivity contribution >= 4 is 23.7 Å². The van der Waals surface area contributed by atoms with Crippen molar-refractivity contribution in [1.82, 2.24) is 15.1 Å². The molecule has 1 aromatic carbocycles. The lowest BCUT2D eigenvalue weighted by atomic mass is 9.70. The van der Waals surface area contributed by atoms with Gasteiger partial charge in [-0.3, -0.25) is 19.2 Å². The first-order valence-electron chi connectivity index (χ1n) is 17.3. The lowest BCUT2D eigenvalue weighted by Gasteiger charge is -2.39. The average molecular weight is 652 g/mol. The first kappa shape index (κ1) is 36.3. The molecule has 3 aliphatic heterocycles. The van der Waals surface area contributed by atoms with Gasteiger partial charge in [-0.25, -0.2) is 0 Å². The van der Waals surface area contributed by atoms with Gasteiger partial charge < -0.3 is 29.7 Å². The molecular formula is C37H53N3O7. The van der Waals surface area contributed by atoms with Crippen molar-refractivity contribution < 1.29 is 33.8 Å². The van der Waals surface area contributed by atoms with E-state index < -0.39 is 47.6 Å². The van der Waals surface area contributed by atoms with Gasteiger partial charge in [-0.05, 0) is 43.6 Å². The molecule has 2 bridgehead atoms. The standard InChI is InChI=1S/C37H53N3O7/c1-6-9-14-21-39(20-8-3)36(45)33-37-19-18-29(47-37)31(32(37)35(44)40(33)27(23-41)22-25(4)5)34(43)38-28(26-15-12-11-13-16-26)24-46-30(42)17-10-7-2/h7-8,11-13,15-16,25,27-29,31-33,41H,2-3,6,9-10,14,17-24H2,1,4-5H3,(H,38,43)/t27-,28-,29+,31-,32-,33+,37-/m1/s1. The maximum absolute atomic E-state index is 14.6. The summed E-state index contributed by atoms with van der Waals surface area (Å²) in [5.41, 5.74) is -0.428. The molecule has 0 radical (unpaired) electrons. The second-order valence-electron chi connectivity index (χ2n) is 13.5. The zero-order valence-corrected chi connectivity index (χ0v) is 28.3. The van der Waals surface area contributed by atoms with E-state index in [1.807, 2.05) is 44.2 Å². The van der Waals surface area contributed by atoms with Gasteiger partial charge in [-0.1, -0.05) is 76.1 Å². The number of hydrogen-bond acceptors (Lipinski definition) is 7. The Hall–Kier alpha value is -3.50. The van der Waals surface area contributed by atoms with Crippen molar-refractivity contribution in [2.24, 2.45) is 17.8 Å². The van der Waals surface area contributed by atoms with E-state index in [2.05, 4.69) is 25.4 Å². The maximum atomic E-state index is 14.6. The van der Waals surface area contributed by atoms with Crippen LogP contribution in [0.15, 0.2) is 55.6 Å². The molecule has 2 N–H and O–H groups in total. The fourth-order valence-corrected chi connectivity index (χ4v) is 7.70. The van der Waals surface area contributed by atoms with Gasteiger partial charge in [0.1, 0.15) is 18.2 Å². The number of aliphatic hydroxyl groups is 1. The number of allylic oxidation sites excluding steroid dienone is 1. The summed E-state index contributed by atoms with van der Waals surface area (Å²) in [5, 5.41) is 13.6. The normalized spacial score (nSPS) is 25.7.